The van der Waals surface area contributed by atoms with Crippen LogP contribution in [0.2, 0.25) is 0 Å². The van der Waals surface area contributed by atoms with E-state index in [0.717, 1.165) is 17.8 Å². The quantitative estimate of drug-likeness (QED) is 0.870. The van der Waals surface area contributed by atoms with Crippen molar-refractivity contribution in [3.63, 3.8) is 0 Å². The van der Waals surface area contributed by atoms with E-state index in [4.69, 9.17) is 4.74 Å². The minimum Gasteiger partial charge on any atom is -0.458 e. The summed E-state index contributed by atoms with van der Waals surface area (Å²) in [5.74, 6) is 0. The van der Waals surface area contributed by atoms with E-state index in [1.165, 1.54) is 19.3 Å². The van der Waals surface area contributed by atoms with E-state index in [9.17, 15) is 0 Å². The Morgan fingerprint density at radius 1 is 1.18 bits per heavy atom. The Bertz CT molecular complexity index is 361. The van der Waals surface area contributed by atoms with Crippen molar-refractivity contribution in [1.29, 1.82) is 0 Å². The lowest BCUT2D eigenvalue weighted by Gasteiger charge is -2.30. The van der Waals surface area contributed by atoms with Gasteiger partial charge in [-0.05, 0) is 46.2 Å². The molecule has 0 amide bonds. The molecule has 0 radical (unpaired) electrons. The molecule has 0 aromatic carbocycles. The predicted octanol–water partition coefficient (Wildman–Crippen LogP) is 2.00. The van der Waals surface area contributed by atoms with Crippen molar-refractivity contribution in [2.24, 2.45) is 0 Å². The number of aromatic nitrogens is 2. The number of ether oxygens (including phenoxy) is 1. The molecule has 1 fully saturated rings. The summed E-state index contributed by atoms with van der Waals surface area (Å²) in [6.45, 7) is 3.94. The lowest BCUT2D eigenvalue weighted by molar-refractivity contribution is 0.107. The van der Waals surface area contributed by atoms with Gasteiger partial charge in [-0.15, -0.1) is 0 Å². The van der Waals surface area contributed by atoms with Crippen LogP contribution in [0.3, 0.4) is 0 Å². The van der Waals surface area contributed by atoms with Crippen molar-refractivity contribution < 1.29 is 4.74 Å². The Labute approximate surface area is 103 Å². The zero-order chi connectivity index (χ0) is 12.3. The highest BCUT2D eigenvalue weighted by molar-refractivity contribution is 5.11. The van der Waals surface area contributed by atoms with E-state index in [1.807, 2.05) is 27.0 Å². The van der Waals surface area contributed by atoms with Crippen molar-refractivity contribution in [3.05, 3.63) is 17.5 Å². The molecule has 0 spiro atoms. The summed E-state index contributed by atoms with van der Waals surface area (Å²) in [5.41, 5.74) is 1.92. The van der Waals surface area contributed by atoms with Gasteiger partial charge < -0.3 is 10.1 Å². The normalized spacial score (nSPS) is 24.6. The Balaban J connectivity index is 2.08. The molecule has 17 heavy (non-hydrogen) atoms. The summed E-state index contributed by atoms with van der Waals surface area (Å²) in [7, 11) is 1.99. The summed E-state index contributed by atoms with van der Waals surface area (Å²) >= 11 is 0. The Hall–Kier alpha value is -1.16. The molecular weight excluding hydrogens is 214 g/mol. The Kier molecular flexibility index (Phi) is 3.94. The smallest absolute Gasteiger partial charge is 0.317 e. The minimum absolute atomic E-state index is 0.204. The molecule has 94 valence electrons. The second-order valence-electron chi connectivity index (χ2n) is 4.77. The number of rotatable bonds is 3. The topological polar surface area (TPSA) is 47.0 Å². The molecule has 0 saturated heterocycles. The van der Waals surface area contributed by atoms with Crippen LogP contribution in [0.25, 0.3) is 0 Å². The average molecular weight is 235 g/mol. The van der Waals surface area contributed by atoms with Gasteiger partial charge in [-0.1, -0.05) is 6.42 Å². The van der Waals surface area contributed by atoms with Gasteiger partial charge in [-0.3, -0.25) is 0 Å². The fourth-order valence-electron chi connectivity index (χ4n) is 2.45. The summed E-state index contributed by atoms with van der Waals surface area (Å²) in [5, 5.41) is 3.32. The summed E-state index contributed by atoms with van der Waals surface area (Å²) < 4.78 is 5.94. The van der Waals surface area contributed by atoms with Crippen LogP contribution in [0, 0.1) is 13.8 Å². The van der Waals surface area contributed by atoms with Crippen molar-refractivity contribution in [2.45, 2.75) is 51.7 Å². The number of likely N-dealkylation sites (N-methyl/N-ethyl adjacent to an activating group) is 1. The fourth-order valence-corrected chi connectivity index (χ4v) is 2.45. The molecule has 4 nitrogen and oxygen atoms in total. The number of nitrogens with one attached hydrogen (secondary N) is 1. The monoisotopic (exact) mass is 235 g/mol. The van der Waals surface area contributed by atoms with Crippen molar-refractivity contribution in [1.82, 2.24) is 15.3 Å². The van der Waals surface area contributed by atoms with Gasteiger partial charge in [0.2, 0.25) is 0 Å². The second kappa shape index (κ2) is 5.45. The summed E-state index contributed by atoms with van der Waals surface area (Å²) in [6.07, 6.45) is 4.97. The molecule has 4 heteroatoms. The van der Waals surface area contributed by atoms with Crippen LogP contribution in [0.5, 0.6) is 6.01 Å². The lowest BCUT2D eigenvalue weighted by Crippen LogP contribution is -2.43. The third-order valence-corrected chi connectivity index (χ3v) is 3.29. The molecule has 1 aromatic heterocycles. The van der Waals surface area contributed by atoms with E-state index in [0.29, 0.717) is 12.1 Å². The van der Waals surface area contributed by atoms with E-state index >= 15 is 0 Å². The SMILES string of the molecule is CNC1CCCCC1Oc1nc(C)cc(C)n1. The Morgan fingerprint density at radius 3 is 2.47 bits per heavy atom. The third-order valence-electron chi connectivity index (χ3n) is 3.29. The maximum absolute atomic E-state index is 5.94. The molecule has 1 N–H and O–H groups in total. The molecule has 2 atom stereocenters. The largest absolute Gasteiger partial charge is 0.458 e. The predicted molar refractivity (Wildman–Crippen MR) is 67.2 cm³/mol. The minimum atomic E-state index is 0.204. The van der Waals surface area contributed by atoms with Crippen molar-refractivity contribution in [2.75, 3.05) is 7.05 Å². The number of aryl methyl sites for hydroxylation is 2. The Morgan fingerprint density at radius 2 is 1.82 bits per heavy atom. The third kappa shape index (κ3) is 3.16. The molecule has 0 aliphatic heterocycles. The van der Waals surface area contributed by atoms with Crippen LogP contribution < -0.4 is 10.1 Å². The average Bonchev–Trinajstić information content (AvgIpc) is 2.28. The molecule has 1 saturated carbocycles. The highest BCUT2D eigenvalue weighted by Gasteiger charge is 2.26. The molecule has 1 aliphatic rings. The van der Waals surface area contributed by atoms with E-state index in [-0.39, 0.29) is 6.10 Å². The van der Waals surface area contributed by atoms with Gasteiger partial charge in [0.25, 0.3) is 0 Å². The van der Waals surface area contributed by atoms with Crippen LogP contribution in [-0.4, -0.2) is 29.2 Å². The van der Waals surface area contributed by atoms with Gasteiger partial charge in [0.15, 0.2) is 0 Å². The van der Waals surface area contributed by atoms with Crippen molar-refractivity contribution >= 4 is 0 Å². The van der Waals surface area contributed by atoms with E-state index in [2.05, 4.69) is 15.3 Å². The van der Waals surface area contributed by atoms with Gasteiger partial charge in [0.05, 0.1) is 0 Å². The van der Waals surface area contributed by atoms with Gasteiger partial charge in [0.1, 0.15) is 6.10 Å². The summed E-state index contributed by atoms with van der Waals surface area (Å²) in [4.78, 5) is 8.67. The zero-order valence-electron chi connectivity index (χ0n) is 10.9. The maximum Gasteiger partial charge on any atom is 0.317 e. The van der Waals surface area contributed by atoms with E-state index < -0.39 is 0 Å². The zero-order valence-corrected chi connectivity index (χ0v) is 10.9. The van der Waals surface area contributed by atoms with Gasteiger partial charge in [-0.2, -0.15) is 0 Å². The highest BCUT2D eigenvalue weighted by Crippen LogP contribution is 2.22. The van der Waals surface area contributed by atoms with Gasteiger partial charge in [-0.25, -0.2) is 9.97 Å². The second-order valence-corrected chi connectivity index (χ2v) is 4.77. The van der Waals surface area contributed by atoms with Crippen LogP contribution in [-0.2, 0) is 0 Å². The number of hydrogen-bond acceptors (Lipinski definition) is 4. The van der Waals surface area contributed by atoms with Gasteiger partial charge in [0, 0.05) is 17.4 Å². The maximum atomic E-state index is 5.94. The summed E-state index contributed by atoms with van der Waals surface area (Å²) in [6, 6.07) is 2.91. The first-order valence-corrected chi connectivity index (χ1v) is 6.35. The van der Waals surface area contributed by atoms with E-state index in [1.54, 1.807) is 0 Å². The van der Waals surface area contributed by atoms with Crippen LogP contribution in [0.15, 0.2) is 6.07 Å². The standard InChI is InChI=1S/C13H21N3O/c1-9-8-10(2)16-13(15-9)17-12-7-5-4-6-11(12)14-3/h8,11-12,14H,4-7H2,1-3H3. The molecule has 0 bridgehead atoms. The highest BCUT2D eigenvalue weighted by atomic mass is 16.5. The first-order chi connectivity index (χ1) is 8.19. The van der Waals surface area contributed by atoms with Crippen LogP contribution in [0.1, 0.15) is 37.1 Å². The number of hydrogen-bond donors (Lipinski definition) is 1. The first kappa shape index (κ1) is 12.3. The molecule has 1 aliphatic carbocycles. The molecule has 1 heterocycles. The van der Waals surface area contributed by atoms with Crippen LogP contribution in [0.4, 0.5) is 0 Å². The molecule has 2 unspecified atom stereocenters. The number of nitrogens with zero attached hydrogens (tertiary/aromatic N) is 2. The molecular formula is C13H21N3O. The first-order valence-electron chi connectivity index (χ1n) is 6.35. The fraction of sp³-hybridized carbons (Fsp3) is 0.692. The van der Waals surface area contributed by atoms with Crippen LogP contribution >= 0.6 is 0 Å². The molecule has 1 aromatic rings. The molecule has 2 rings (SSSR count). The van der Waals surface area contributed by atoms with Crippen molar-refractivity contribution in [3.8, 4) is 6.01 Å². The lowest BCUT2D eigenvalue weighted by atomic mass is 9.92. The van der Waals surface area contributed by atoms with Gasteiger partial charge >= 0.3 is 6.01 Å².